The second-order valence-electron chi connectivity index (χ2n) is 3.82. The van der Waals surface area contributed by atoms with Crippen LogP contribution in [-0.4, -0.2) is 32.2 Å². The second-order valence-corrected chi connectivity index (χ2v) is 3.82. The van der Waals surface area contributed by atoms with Crippen LogP contribution >= 0.6 is 0 Å². The van der Waals surface area contributed by atoms with Gasteiger partial charge in [-0.1, -0.05) is 17.7 Å². The Bertz CT molecular complexity index is 314. The highest BCUT2D eigenvalue weighted by Crippen LogP contribution is 2.13. The highest BCUT2D eigenvalue weighted by Gasteiger charge is 2.21. The number of hydrogen-bond donors (Lipinski definition) is 0. The van der Waals surface area contributed by atoms with Crippen LogP contribution in [0.5, 0.6) is 5.75 Å². The zero-order chi connectivity index (χ0) is 12.7. The lowest BCUT2D eigenvalue weighted by molar-refractivity contribution is 0.0303. The van der Waals surface area contributed by atoms with Crippen molar-refractivity contribution >= 4 is 0 Å². The van der Waals surface area contributed by atoms with Gasteiger partial charge >= 0.3 is 0 Å². The molecule has 0 aliphatic carbocycles. The normalized spacial score (nSPS) is 14.4. The lowest BCUT2D eigenvalue weighted by Crippen LogP contribution is -2.28. The summed E-state index contributed by atoms with van der Waals surface area (Å²) in [5, 5.41) is 0. The minimum atomic E-state index is -1.66. The van der Waals surface area contributed by atoms with Crippen molar-refractivity contribution in [2.24, 2.45) is 0 Å². The molecular formula is C13H18F2O2. The molecule has 0 radical (unpaired) electrons. The van der Waals surface area contributed by atoms with Crippen molar-refractivity contribution in [3.05, 3.63) is 29.8 Å². The molecule has 1 rings (SSSR count). The summed E-state index contributed by atoms with van der Waals surface area (Å²) in [6.45, 7) is 3.54. The SMILES string of the molecule is CCOCC(F)C(F)COc1ccc(C)cc1. The number of rotatable bonds is 7. The molecule has 1 aromatic rings. The van der Waals surface area contributed by atoms with Crippen molar-refractivity contribution < 1.29 is 18.3 Å². The average molecular weight is 244 g/mol. The number of hydrogen-bond acceptors (Lipinski definition) is 2. The molecule has 17 heavy (non-hydrogen) atoms. The second kappa shape index (κ2) is 7.22. The molecule has 0 saturated heterocycles. The lowest BCUT2D eigenvalue weighted by atomic mass is 10.2. The van der Waals surface area contributed by atoms with Crippen molar-refractivity contribution in [3.63, 3.8) is 0 Å². The van der Waals surface area contributed by atoms with Crippen molar-refractivity contribution in [1.82, 2.24) is 0 Å². The summed E-state index contributed by atoms with van der Waals surface area (Å²) in [4.78, 5) is 0. The summed E-state index contributed by atoms with van der Waals surface area (Å²) in [6, 6.07) is 7.18. The molecule has 0 heterocycles. The van der Waals surface area contributed by atoms with Crippen molar-refractivity contribution in [3.8, 4) is 5.75 Å². The first kappa shape index (κ1) is 13.9. The van der Waals surface area contributed by atoms with Crippen LogP contribution < -0.4 is 4.74 Å². The predicted molar refractivity (Wildman–Crippen MR) is 63.0 cm³/mol. The molecule has 0 fully saturated rings. The number of benzene rings is 1. The number of ether oxygens (including phenoxy) is 2. The smallest absolute Gasteiger partial charge is 0.167 e. The van der Waals surface area contributed by atoms with E-state index in [4.69, 9.17) is 9.47 Å². The lowest BCUT2D eigenvalue weighted by Gasteiger charge is -2.14. The van der Waals surface area contributed by atoms with Crippen LogP contribution in [0.1, 0.15) is 12.5 Å². The summed E-state index contributed by atoms with van der Waals surface area (Å²) in [6.07, 6.45) is -3.30. The van der Waals surface area contributed by atoms with Gasteiger partial charge in [-0.3, -0.25) is 0 Å². The van der Waals surface area contributed by atoms with Gasteiger partial charge in [0.05, 0.1) is 6.61 Å². The Morgan fingerprint density at radius 3 is 2.24 bits per heavy atom. The maximum absolute atomic E-state index is 13.3. The van der Waals surface area contributed by atoms with Crippen molar-refractivity contribution in [1.29, 1.82) is 0 Å². The van der Waals surface area contributed by atoms with Crippen LogP contribution in [0.15, 0.2) is 24.3 Å². The minimum Gasteiger partial charge on any atom is -0.490 e. The van der Waals surface area contributed by atoms with E-state index in [2.05, 4.69) is 0 Å². The van der Waals surface area contributed by atoms with Crippen LogP contribution in [0.4, 0.5) is 8.78 Å². The van der Waals surface area contributed by atoms with Gasteiger partial charge in [-0.05, 0) is 26.0 Å². The van der Waals surface area contributed by atoms with E-state index in [1.54, 1.807) is 19.1 Å². The highest BCUT2D eigenvalue weighted by atomic mass is 19.2. The number of halogens is 2. The van der Waals surface area contributed by atoms with Gasteiger partial charge in [0.1, 0.15) is 12.4 Å². The third-order valence-electron chi connectivity index (χ3n) is 2.30. The first-order valence-corrected chi connectivity index (χ1v) is 5.68. The van der Waals surface area contributed by atoms with E-state index in [0.717, 1.165) is 5.56 Å². The maximum atomic E-state index is 13.3. The molecule has 0 N–H and O–H groups in total. The maximum Gasteiger partial charge on any atom is 0.167 e. The fourth-order valence-electron chi connectivity index (χ4n) is 1.25. The molecule has 0 spiro atoms. The molecular weight excluding hydrogens is 226 g/mol. The zero-order valence-corrected chi connectivity index (χ0v) is 10.2. The van der Waals surface area contributed by atoms with Gasteiger partial charge in [0, 0.05) is 6.61 Å². The van der Waals surface area contributed by atoms with E-state index in [9.17, 15) is 8.78 Å². The molecule has 0 saturated carbocycles. The van der Waals surface area contributed by atoms with Crippen molar-refractivity contribution in [2.75, 3.05) is 19.8 Å². The molecule has 2 unspecified atom stereocenters. The fraction of sp³-hybridized carbons (Fsp3) is 0.538. The molecule has 2 nitrogen and oxygen atoms in total. The Kier molecular flexibility index (Phi) is 5.91. The standard InChI is InChI=1S/C13H18F2O2/c1-3-16-8-12(14)13(15)9-17-11-6-4-10(2)5-7-11/h4-7,12-13H,3,8-9H2,1-2H3. The topological polar surface area (TPSA) is 18.5 Å². The summed E-state index contributed by atoms with van der Waals surface area (Å²) in [7, 11) is 0. The van der Waals surface area contributed by atoms with E-state index in [0.29, 0.717) is 12.4 Å². The summed E-state index contributed by atoms with van der Waals surface area (Å²) >= 11 is 0. The summed E-state index contributed by atoms with van der Waals surface area (Å²) in [5.74, 6) is 0.543. The van der Waals surface area contributed by atoms with E-state index >= 15 is 0 Å². The van der Waals surface area contributed by atoms with Crippen LogP contribution in [0, 0.1) is 6.92 Å². The van der Waals surface area contributed by atoms with E-state index in [1.807, 2.05) is 19.1 Å². The molecule has 0 amide bonds. The van der Waals surface area contributed by atoms with E-state index < -0.39 is 12.3 Å². The Morgan fingerprint density at radius 1 is 1.06 bits per heavy atom. The van der Waals surface area contributed by atoms with Gasteiger partial charge in [-0.25, -0.2) is 8.78 Å². The largest absolute Gasteiger partial charge is 0.490 e. The third kappa shape index (κ3) is 5.13. The molecule has 0 aliphatic heterocycles. The quantitative estimate of drug-likeness (QED) is 0.733. The number of aryl methyl sites for hydroxylation is 1. The monoisotopic (exact) mass is 244 g/mol. The van der Waals surface area contributed by atoms with Gasteiger partial charge in [0.15, 0.2) is 12.3 Å². The molecule has 0 bridgehead atoms. The van der Waals surface area contributed by atoms with Crippen LogP contribution in [0.2, 0.25) is 0 Å². The Hall–Kier alpha value is -1.16. The Labute approximate surface area is 101 Å². The van der Waals surface area contributed by atoms with Crippen LogP contribution in [0.25, 0.3) is 0 Å². The summed E-state index contributed by atoms with van der Waals surface area (Å²) < 4.78 is 36.4. The third-order valence-corrected chi connectivity index (χ3v) is 2.30. The van der Waals surface area contributed by atoms with Crippen LogP contribution in [0.3, 0.4) is 0 Å². The Morgan fingerprint density at radius 2 is 1.65 bits per heavy atom. The first-order chi connectivity index (χ1) is 8.13. The highest BCUT2D eigenvalue weighted by molar-refractivity contribution is 5.26. The van der Waals surface area contributed by atoms with Crippen LogP contribution in [-0.2, 0) is 4.74 Å². The fourth-order valence-corrected chi connectivity index (χ4v) is 1.25. The van der Waals surface area contributed by atoms with E-state index in [1.165, 1.54) is 0 Å². The first-order valence-electron chi connectivity index (χ1n) is 5.68. The Balaban J connectivity index is 2.32. The summed E-state index contributed by atoms with van der Waals surface area (Å²) in [5.41, 5.74) is 1.09. The van der Waals surface area contributed by atoms with Gasteiger partial charge in [-0.15, -0.1) is 0 Å². The zero-order valence-electron chi connectivity index (χ0n) is 10.2. The molecule has 0 aliphatic rings. The predicted octanol–water partition coefficient (Wildman–Crippen LogP) is 3.09. The minimum absolute atomic E-state index is 0.227. The molecule has 0 aromatic heterocycles. The molecule has 2 atom stereocenters. The van der Waals surface area contributed by atoms with Crippen molar-refractivity contribution in [2.45, 2.75) is 26.2 Å². The van der Waals surface area contributed by atoms with Gasteiger partial charge in [0.25, 0.3) is 0 Å². The molecule has 1 aromatic carbocycles. The average Bonchev–Trinajstić information content (AvgIpc) is 2.34. The van der Waals surface area contributed by atoms with Gasteiger partial charge in [-0.2, -0.15) is 0 Å². The van der Waals surface area contributed by atoms with E-state index in [-0.39, 0.29) is 13.2 Å². The molecule has 4 heteroatoms. The molecule has 96 valence electrons. The van der Waals surface area contributed by atoms with Gasteiger partial charge in [0.2, 0.25) is 0 Å². The number of alkyl halides is 2. The van der Waals surface area contributed by atoms with Gasteiger partial charge < -0.3 is 9.47 Å².